The highest BCUT2D eigenvalue weighted by Crippen LogP contribution is 2.49. The van der Waals surface area contributed by atoms with E-state index in [0.717, 1.165) is 143 Å². The summed E-state index contributed by atoms with van der Waals surface area (Å²) in [5, 5.41) is 80.9. The van der Waals surface area contributed by atoms with Crippen LogP contribution >= 0.6 is 11.3 Å². The average molecular weight is 1620 g/mol. The van der Waals surface area contributed by atoms with Gasteiger partial charge in [0.25, 0.3) is 0 Å². The van der Waals surface area contributed by atoms with E-state index in [0.29, 0.717) is 97.3 Å². The zero-order valence-corrected chi connectivity index (χ0v) is 75.3. The molecule has 0 spiro atoms. The van der Waals surface area contributed by atoms with E-state index in [2.05, 4.69) is 286 Å². The van der Waals surface area contributed by atoms with Gasteiger partial charge in [0.15, 0.2) is 24.7 Å². The van der Waals surface area contributed by atoms with Crippen molar-refractivity contribution < 1.29 is 48.4 Å². The summed E-state index contributed by atoms with van der Waals surface area (Å²) in [4.78, 5) is 1.66. The number of phenolic OH excluding ortho intramolecular Hbond substituents is 4. The molecule has 0 aliphatic heterocycles. The molecule has 0 radical (unpaired) electrons. The van der Waals surface area contributed by atoms with Crippen LogP contribution in [0.5, 0.6) is 46.0 Å². The number of aromatic nitrogens is 2. The molecule has 0 fully saturated rings. The van der Waals surface area contributed by atoms with E-state index in [1.165, 1.54) is 11.3 Å². The number of hydrogen-bond donors (Lipinski definition) is 4. The van der Waals surface area contributed by atoms with Gasteiger partial charge >= 0.3 is 0 Å². The number of benzene rings is 8. The first-order valence-electron chi connectivity index (χ1n) is 41.8. The summed E-state index contributed by atoms with van der Waals surface area (Å²) in [5.74, 6) is 4.07. The van der Waals surface area contributed by atoms with Gasteiger partial charge in [0.2, 0.25) is 0 Å². The Balaban J connectivity index is 0.851. The molecule has 4 N–H and O–H groups in total. The van der Waals surface area contributed by atoms with Gasteiger partial charge in [-0.1, -0.05) is 274 Å². The number of fused-ring (bicyclic) bond motifs is 16. The molecule has 16 bridgehead atoms. The van der Waals surface area contributed by atoms with Gasteiger partial charge in [0.1, 0.15) is 82.7 Å². The Morgan fingerprint density at radius 3 is 0.639 bits per heavy atom. The Labute approximate surface area is 709 Å². The number of thiophene rings is 1. The SMILES string of the molecule is CC(C)(C)c1cc2c(O)c(c1)Cc1cc(C(C)(C)C)cc(c1OCc1cc(-c3ccc(-c4cc(COc5c6cc(C(C)(C)C)cc5Cc5cc(C(C)(C)C)cc(c5O)Cc5cc(C(C)(C)C)cc(c5OCC#N)Cc5cc(C(C)(C)C)cc(c5O)C6)on4)s3)no1)Cc1cc(C(C)(C)C)cc(c1O)Cc1cc(C(C)(C)C)cc(c1OCC#N)C2. The Kier molecular flexibility index (Phi) is 23.2. The lowest BCUT2D eigenvalue weighted by molar-refractivity contribution is 0.246. The summed E-state index contributed by atoms with van der Waals surface area (Å²) >= 11 is 1.50. The third-order valence-corrected chi connectivity index (χ3v) is 24.7. The van der Waals surface area contributed by atoms with Crippen LogP contribution in [0.25, 0.3) is 21.1 Å². The first-order chi connectivity index (χ1) is 55.5. The first kappa shape index (κ1) is 86.1. The second kappa shape index (κ2) is 32.1. The number of phenols is 4. The van der Waals surface area contributed by atoms with Crippen LogP contribution in [-0.4, -0.2) is 44.0 Å². The lowest BCUT2D eigenvalue weighted by Gasteiger charge is -2.28. The smallest absolute Gasteiger partial charge is 0.174 e. The monoisotopic (exact) mass is 1620 g/mol. The molecule has 119 heavy (non-hydrogen) atoms. The van der Waals surface area contributed by atoms with Crippen LogP contribution in [0.3, 0.4) is 0 Å². The molecule has 0 amide bonds. The van der Waals surface area contributed by atoms with Crippen LogP contribution in [0.2, 0.25) is 0 Å². The number of aromatic hydroxyl groups is 4. The average Bonchev–Trinajstić information content (AvgIpc) is 1.34. The molecule has 2 aliphatic carbocycles. The Morgan fingerprint density at radius 1 is 0.286 bits per heavy atom. The molecule has 0 saturated heterocycles. The molecule has 0 unspecified atom stereocenters. The molecule has 622 valence electrons. The van der Waals surface area contributed by atoms with Crippen molar-refractivity contribution in [1.82, 2.24) is 10.3 Å². The third-order valence-electron chi connectivity index (χ3n) is 23.5. The number of nitriles is 2. The normalized spacial score (nSPS) is 13.7. The van der Waals surface area contributed by atoms with Crippen molar-refractivity contribution in [2.45, 2.75) is 274 Å². The molecule has 3 heterocycles. The van der Waals surface area contributed by atoms with Crippen molar-refractivity contribution in [3.8, 4) is 79.3 Å². The van der Waals surface area contributed by atoms with Crippen LogP contribution in [0.15, 0.2) is 130 Å². The van der Waals surface area contributed by atoms with Gasteiger partial charge in [-0.05, 0) is 189 Å². The van der Waals surface area contributed by atoms with E-state index in [1.807, 2.05) is 24.3 Å². The van der Waals surface area contributed by atoms with Crippen LogP contribution in [0.4, 0.5) is 0 Å². The van der Waals surface area contributed by atoms with Crippen LogP contribution in [-0.2, 0) is 108 Å². The summed E-state index contributed by atoms with van der Waals surface area (Å²) in [5.41, 5.74) is 20.0. The van der Waals surface area contributed by atoms with E-state index in [1.54, 1.807) is 0 Å². The van der Waals surface area contributed by atoms with Gasteiger partial charge in [-0.3, -0.25) is 0 Å². The quantitative estimate of drug-likeness (QED) is 0.0895. The molecule has 15 heteroatoms. The largest absolute Gasteiger partial charge is 0.507 e. The summed E-state index contributed by atoms with van der Waals surface area (Å²) in [6, 6.07) is 46.6. The molecule has 0 atom stereocenters. The lowest BCUT2D eigenvalue weighted by Crippen LogP contribution is -2.16. The van der Waals surface area contributed by atoms with Crippen molar-refractivity contribution in [3.63, 3.8) is 0 Å². The maximum atomic E-state index is 12.9. The van der Waals surface area contributed by atoms with Crippen LogP contribution < -0.4 is 18.9 Å². The van der Waals surface area contributed by atoms with Crippen molar-refractivity contribution in [2.75, 3.05) is 13.2 Å². The number of ether oxygens (including phenoxy) is 4. The second-order valence-electron chi connectivity index (χ2n) is 41.5. The molecule has 3 aromatic heterocycles. The Morgan fingerprint density at radius 2 is 0.462 bits per heavy atom. The van der Waals surface area contributed by atoms with Crippen LogP contribution in [0.1, 0.15) is 311 Å². The predicted molar refractivity (Wildman–Crippen MR) is 476 cm³/mol. The standard InChI is InChI=1S/C104H120N4O10S/c1-97(2,3)75-39-59-31-67-47-79(101(13,14)15)48-68(93(67)113-29-27-105)32-60-40-76(98(4,5)6)44-64(90(60)110)36-72-52-81(103(19,20)21)51-71(35-63(43-75)89(59)109)95(72)115-57-83-55-85(107-117-83)87-25-26-88(119-87)86-56-84(118-108-86)58-116-96-73-37-65-45-77(99(7,8)9)41-61(91(65)111)33-69-49-80(102(16,17)18)50-70(94(69)114-30-28-106)34-62-42-78(100(10,11)12)46-66(92(62)112)38-74(96)54-82(53-73)104(22,23)24/h25-26,39-56,109-112H,29-38,57-58H2,1-24H3. The van der Waals surface area contributed by atoms with E-state index >= 15 is 0 Å². The maximum Gasteiger partial charge on any atom is 0.174 e. The predicted octanol–water partition coefficient (Wildman–Crippen LogP) is 24.6. The number of nitrogens with zero attached hydrogens (tertiary/aromatic N) is 4. The van der Waals surface area contributed by atoms with Crippen LogP contribution in [0, 0.1) is 22.7 Å². The number of hydrogen-bond acceptors (Lipinski definition) is 15. The Hall–Kier alpha value is -10.7. The van der Waals surface area contributed by atoms with Gasteiger partial charge < -0.3 is 48.4 Å². The lowest BCUT2D eigenvalue weighted by atomic mass is 9.79. The van der Waals surface area contributed by atoms with Gasteiger partial charge in [-0.15, -0.1) is 11.3 Å². The van der Waals surface area contributed by atoms with E-state index < -0.39 is 0 Å². The summed E-state index contributed by atoms with van der Waals surface area (Å²) in [7, 11) is 0. The van der Waals surface area contributed by atoms with Gasteiger partial charge in [0, 0.05) is 63.5 Å². The minimum atomic E-state index is -0.318. The molecule has 8 aromatic carbocycles. The molecular formula is C104H120N4O10S. The zero-order valence-electron chi connectivity index (χ0n) is 74.5. The maximum absolute atomic E-state index is 12.9. The van der Waals surface area contributed by atoms with E-state index in [4.69, 9.17) is 28.0 Å². The second-order valence-corrected chi connectivity index (χ2v) is 42.6. The fraction of sp³-hybridized carbons (Fsp3) is 0.423. The van der Waals surface area contributed by atoms with E-state index in [-0.39, 0.29) is 92.7 Å². The Bertz CT molecular complexity index is 5220. The zero-order chi connectivity index (χ0) is 86.3. The van der Waals surface area contributed by atoms with Gasteiger partial charge in [-0.25, -0.2) is 0 Å². The number of rotatable bonds is 12. The van der Waals surface area contributed by atoms with Gasteiger partial charge in [-0.2, -0.15) is 10.5 Å². The molecule has 2 aliphatic rings. The third kappa shape index (κ3) is 19.0. The van der Waals surface area contributed by atoms with Crippen molar-refractivity contribution in [2.24, 2.45) is 0 Å². The summed E-state index contributed by atoms with van der Waals surface area (Å²) in [6.45, 7) is 52.2. The molecular weight excluding hydrogens is 1500 g/mol. The molecule has 0 saturated carbocycles. The fourth-order valence-electron chi connectivity index (χ4n) is 16.1. The highest BCUT2D eigenvalue weighted by molar-refractivity contribution is 7.18. The molecule has 13 rings (SSSR count). The van der Waals surface area contributed by atoms with E-state index in [9.17, 15) is 30.9 Å². The molecule has 14 nitrogen and oxygen atoms in total. The van der Waals surface area contributed by atoms with Crippen molar-refractivity contribution in [3.05, 3.63) is 266 Å². The summed E-state index contributed by atoms with van der Waals surface area (Å²) in [6.07, 6.45) is 2.48. The molecule has 11 aromatic rings. The van der Waals surface area contributed by atoms with Gasteiger partial charge in [0.05, 0.1) is 9.75 Å². The highest BCUT2D eigenvalue weighted by atomic mass is 32.1. The van der Waals surface area contributed by atoms with Crippen molar-refractivity contribution >= 4 is 11.3 Å². The minimum Gasteiger partial charge on any atom is -0.507 e. The minimum absolute atomic E-state index is 0.00961. The topological polar surface area (TPSA) is 217 Å². The summed E-state index contributed by atoms with van der Waals surface area (Å²) < 4.78 is 39.8. The van der Waals surface area contributed by atoms with Crippen molar-refractivity contribution in [1.29, 1.82) is 10.5 Å². The first-order valence-corrected chi connectivity index (χ1v) is 42.6. The fourth-order valence-corrected chi connectivity index (χ4v) is 17.0. The highest BCUT2D eigenvalue weighted by Gasteiger charge is 2.34.